The molecule has 1 aromatic rings. The number of nitrogen functional groups attached to an aromatic ring is 1. The van der Waals surface area contributed by atoms with Crippen LogP contribution in [0.15, 0.2) is 23.1 Å². The second-order valence-electron chi connectivity index (χ2n) is 4.58. The summed E-state index contributed by atoms with van der Waals surface area (Å²) in [7, 11) is -0.460. The number of methoxy groups -OCH3 is 1. The van der Waals surface area contributed by atoms with Gasteiger partial charge in [0.2, 0.25) is 10.0 Å². The van der Waals surface area contributed by atoms with Crippen molar-refractivity contribution in [3.63, 3.8) is 0 Å². The molecule has 6 heteroatoms. The van der Waals surface area contributed by atoms with E-state index in [1.807, 2.05) is 13.8 Å². The van der Waals surface area contributed by atoms with Gasteiger partial charge in [-0.15, -0.1) is 0 Å². The SMILES string of the molecule is COc1cc(S(=O)(=O)N(C)CC(C)C)ccc1N. The first kappa shape index (κ1) is 14.8. The maximum atomic E-state index is 12.3. The molecule has 2 N–H and O–H groups in total. The molecule has 18 heavy (non-hydrogen) atoms. The molecule has 0 bridgehead atoms. The number of rotatable bonds is 5. The van der Waals surface area contributed by atoms with Crippen LogP contribution in [0.1, 0.15) is 13.8 Å². The third-order valence-electron chi connectivity index (χ3n) is 2.54. The summed E-state index contributed by atoms with van der Waals surface area (Å²) in [5.41, 5.74) is 6.09. The Bertz CT molecular complexity index is 512. The number of anilines is 1. The van der Waals surface area contributed by atoms with E-state index in [1.54, 1.807) is 7.05 Å². The minimum absolute atomic E-state index is 0.191. The monoisotopic (exact) mass is 272 g/mol. The van der Waals surface area contributed by atoms with Gasteiger partial charge < -0.3 is 10.5 Å². The topological polar surface area (TPSA) is 72.6 Å². The second-order valence-corrected chi connectivity index (χ2v) is 6.63. The molecule has 0 spiro atoms. The van der Waals surface area contributed by atoms with Gasteiger partial charge in [-0.05, 0) is 18.1 Å². The molecule has 0 saturated carbocycles. The number of nitrogens with zero attached hydrogens (tertiary/aromatic N) is 1. The van der Waals surface area contributed by atoms with Gasteiger partial charge in [0.25, 0.3) is 0 Å². The first-order valence-corrected chi connectivity index (χ1v) is 7.13. The van der Waals surface area contributed by atoms with Crippen LogP contribution >= 0.6 is 0 Å². The third kappa shape index (κ3) is 3.14. The summed E-state index contributed by atoms with van der Waals surface area (Å²) in [4.78, 5) is 0.191. The highest BCUT2D eigenvalue weighted by molar-refractivity contribution is 7.89. The number of hydrogen-bond acceptors (Lipinski definition) is 4. The van der Waals surface area contributed by atoms with Crippen LogP contribution < -0.4 is 10.5 Å². The van der Waals surface area contributed by atoms with E-state index < -0.39 is 10.0 Å². The minimum Gasteiger partial charge on any atom is -0.495 e. The van der Waals surface area contributed by atoms with Gasteiger partial charge >= 0.3 is 0 Å². The number of ether oxygens (including phenoxy) is 1. The molecule has 0 radical (unpaired) electrons. The van der Waals surface area contributed by atoms with Crippen molar-refractivity contribution in [2.45, 2.75) is 18.7 Å². The predicted octanol–water partition coefficient (Wildman–Crippen LogP) is 1.55. The molecule has 0 heterocycles. The molecule has 0 aliphatic carbocycles. The van der Waals surface area contributed by atoms with Crippen LogP contribution in [0.5, 0.6) is 5.75 Å². The lowest BCUT2D eigenvalue weighted by Gasteiger charge is -2.19. The fourth-order valence-electron chi connectivity index (χ4n) is 1.64. The van der Waals surface area contributed by atoms with Crippen LogP contribution in [-0.4, -0.2) is 33.4 Å². The van der Waals surface area contributed by atoms with Crippen molar-refractivity contribution in [3.8, 4) is 5.75 Å². The van der Waals surface area contributed by atoms with Crippen molar-refractivity contribution in [2.75, 3.05) is 26.4 Å². The molecule has 0 aliphatic heterocycles. The Hall–Kier alpha value is -1.27. The van der Waals surface area contributed by atoms with E-state index in [0.717, 1.165) is 0 Å². The highest BCUT2D eigenvalue weighted by Gasteiger charge is 2.22. The quantitative estimate of drug-likeness (QED) is 0.825. The zero-order chi connectivity index (χ0) is 13.9. The van der Waals surface area contributed by atoms with Crippen molar-refractivity contribution in [2.24, 2.45) is 5.92 Å². The summed E-state index contributed by atoms with van der Waals surface area (Å²) < 4.78 is 30.9. The van der Waals surface area contributed by atoms with E-state index in [-0.39, 0.29) is 10.8 Å². The number of nitrogens with two attached hydrogens (primary N) is 1. The Balaban J connectivity index is 3.12. The van der Waals surface area contributed by atoms with Gasteiger partial charge in [0.1, 0.15) is 5.75 Å². The first-order chi connectivity index (χ1) is 8.28. The molecule has 0 amide bonds. The van der Waals surface area contributed by atoms with Gasteiger partial charge in [-0.2, -0.15) is 0 Å². The maximum absolute atomic E-state index is 12.3. The average molecular weight is 272 g/mol. The molecule has 0 saturated heterocycles. The Morgan fingerprint density at radius 2 is 2.00 bits per heavy atom. The summed E-state index contributed by atoms with van der Waals surface area (Å²) >= 11 is 0. The number of sulfonamides is 1. The van der Waals surface area contributed by atoms with Gasteiger partial charge in [-0.1, -0.05) is 13.8 Å². The minimum atomic E-state index is -3.49. The average Bonchev–Trinajstić information content (AvgIpc) is 2.28. The summed E-state index contributed by atoms with van der Waals surface area (Å²) in [6.07, 6.45) is 0. The highest BCUT2D eigenvalue weighted by atomic mass is 32.2. The zero-order valence-corrected chi connectivity index (χ0v) is 12.0. The fraction of sp³-hybridized carbons (Fsp3) is 0.500. The molecule has 0 aliphatic rings. The summed E-state index contributed by atoms with van der Waals surface area (Å²) in [5.74, 6) is 0.634. The Morgan fingerprint density at radius 1 is 1.39 bits per heavy atom. The fourth-order valence-corrected chi connectivity index (χ4v) is 2.99. The van der Waals surface area contributed by atoms with E-state index in [2.05, 4.69) is 0 Å². The Morgan fingerprint density at radius 3 is 2.50 bits per heavy atom. The summed E-state index contributed by atoms with van der Waals surface area (Å²) in [6, 6.07) is 4.47. The van der Waals surface area contributed by atoms with Gasteiger partial charge in [0.15, 0.2) is 0 Å². The molecular formula is C12H20N2O3S. The smallest absolute Gasteiger partial charge is 0.242 e. The lowest BCUT2D eigenvalue weighted by Crippen LogP contribution is -2.30. The molecule has 1 aromatic carbocycles. The van der Waals surface area contributed by atoms with Gasteiger partial charge in [0.05, 0.1) is 17.7 Å². The van der Waals surface area contributed by atoms with Crippen molar-refractivity contribution < 1.29 is 13.2 Å². The zero-order valence-electron chi connectivity index (χ0n) is 11.2. The molecule has 1 rings (SSSR count). The normalized spacial score (nSPS) is 12.1. The molecule has 102 valence electrons. The largest absolute Gasteiger partial charge is 0.495 e. The van der Waals surface area contributed by atoms with Crippen LogP contribution in [0.3, 0.4) is 0 Å². The summed E-state index contributed by atoms with van der Waals surface area (Å²) in [6.45, 7) is 4.40. The Kier molecular flexibility index (Phi) is 4.59. The van der Waals surface area contributed by atoms with Gasteiger partial charge in [-0.25, -0.2) is 12.7 Å². The van der Waals surface area contributed by atoms with E-state index in [0.29, 0.717) is 18.0 Å². The molecule has 0 unspecified atom stereocenters. The van der Waals surface area contributed by atoms with Crippen molar-refractivity contribution in [1.82, 2.24) is 4.31 Å². The van der Waals surface area contributed by atoms with E-state index in [9.17, 15) is 8.42 Å². The van der Waals surface area contributed by atoms with Crippen LogP contribution in [-0.2, 0) is 10.0 Å². The van der Waals surface area contributed by atoms with Crippen LogP contribution in [0.25, 0.3) is 0 Å². The molecule has 0 atom stereocenters. The van der Waals surface area contributed by atoms with Crippen LogP contribution in [0.4, 0.5) is 5.69 Å². The molecule has 0 aromatic heterocycles. The highest BCUT2D eigenvalue weighted by Crippen LogP contribution is 2.26. The third-order valence-corrected chi connectivity index (χ3v) is 4.35. The number of benzene rings is 1. The molecular weight excluding hydrogens is 252 g/mol. The van der Waals surface area contributed by atoms with Crippen molar-refractivity contribution in [3.05, 3.63) is 18.2 Å². The van der Waals surface area contributed by atoms with Gasteiger partial charge in [-0.3, -0.25) is 0 Å². The second kappa shape index (κ2) is 5.58. The predicted molar refractivity (Wildman–Crippen MR) is 72.1 cm³/mol. The van der Waals surface area contributed by atoms with Crippen LogP contribution in [0, 0.1) is 5.92 Å². The summed E-state index contributed by atoms with van der Waals surface area (Å²) in [5, 5.41) is 0. The van der Waals surface area contributed by atoms with E-state index in [1.165, 1.54) is 29.6 Å². The molecule has 5 nitrogen and oxygen atoms in total. The lowest BCUT2D eigenvalue weighted by molar-refractivity contribution is 0.410. The van der Waals surface area contributed by atoms with Gasteiger partial charge in [0, 0.05) is 19.7 Å². The van der Waals surface area contributed by atoms with E-state index >= 15 is 0 Å². The van der Waals surface area contributed by atoms with Crippen molar-refractivity contribution in [1.29, 1.82) is 0 Å². The van der Waals surface area contributed by atoms with E-state index in [4.69, 9.17) is 10.5 Å². The number of hydrogen-bond donors (Lipinski definition) is 1. The van der Waals surface area contributed by atoms with Crippen molar-refractivity contribution >= 4 is 15.7 Å². The molecule has 0 fully saturated rings. The first-order valence-electron chi connectivity index (χ1n) is 5.69. The maximum Gasteiger partial charge on any atom is 0.242 e. The van der Waals surface area contributed by atoms with Crippen LogP contribution in [0.2, 0.25) is 0 Å². The Labute approximate surface area is 109 Å². The standard InChI is InChI=1S/C12H20N2O3S/c1-9(2)8-14(3)18(15,16)10-5-6-11(13)12(7-10)17-4/h5-7,9H,8,13H2,1-4H3. The lowest BCUT2D eigenvalue weighted by atomic mass is 10.2.